The Labute approximate surface area is 107 Å². The third kappa shape index (κ3) is 2.72. The summed E-state index contributed by atoms with van der Waals surface area (Å²) in [7, 11) is 0. The Morgan fingerprint density at radius 1 is 1.39 bits per heavy atom. The van der Waals surface area contributed by atoms with Crippen molar-refractivity contribution in [3.63, 3.8) is 0 Å². The molecule has 0 saturated heterocycles. The highest BCUT2D eigenvalue weighted by atomic mass is 32.2. The van der Waals surface area contributed by atoms with Gasteiger partial charge in [-0.15, -0.1) is 11.3 Å². The van der Waals surface area contributed by atoms with E-state index in [0.29, 0.717) is 10.3 Å². The molecule has 2 N–H and O–H groups in total. The second-order valence-corrected chi connectivity index (χ2v) is 5.21. The van der Waals surface area contributed by atoms with E-state index in [4.69, 9.17) is 4.55 Å². The summed E-state index contributed by atoms with van der Waals surface area (Å²) < 4.78 is 60.3. The fraction of sp³-hybridized carbons (Fsp3) is 0.200. The van der Waals surface area contributed by atoms with E-state index in [2.05, 4.69) is 4.72 Å². The number of halogens is 3. The number of thiophene rings is 1. The van der Waals surface area contributed by atoms with Crippen LogP contribution in [0.25, 0.3) is 10.1 Å². The summed E-state index contributed by atoms with van der Waals surface area (Å²) in [5.41, 5.74) is -0.355. The van der Waals surface area contributed by atoms with Crippen molar-refractivity contribution >= 4 is 32.7 Å². The van der Waals surface area contributed by atoms with E-state index in [1.165, 1.54) is 17.4 Å². The van der Waals surface area contributed by atoms with Gasteiger partial charge >= 0.3 is 6.18 Å². The van der Waals surface area contributed by atoms with Crippen molar-refractivity contribution in [2.75, 3.05) is 0 Å². The van der Waals surface area contributed by atoms with Crippen LogP contribution in [-0.4, -0.2) is 8.76 Å². The lowest BCUT2D eigenvalue weighted by Crippen LogP contribution is -2.15. The highest BCUT2D eigenvalue weighted by Crippen LogP contribution is 2.38. The molecule has 0 bridgehead atoms. The van der Waals surface area contributed by atoms with Gasteiger partial charge in [0.2, 0.25) is 11.3 Å². The zero-order valence-electron chi connectivity index (χ0n) is 8.82. The van der Waals surface area contributed by atoms with Gasteiger partial charge in [0.1, 0.15) is 0 Å². The predicted octanol–water partition coefficient (Wildman–Crippen LogP) is 3.15. The lowest BCUT2D eigenvalue weighted by atomic mass is 10.1. The van der Waals surface area contributed by atoms with Crippen LogP contribution in [0, 0.1) is 0 Å². The van der Waals surface area contributed by atoms with E-state index in [9.17, 15) is 17.4 Å². The van der Waals surface area contributed by atoms with Gasteiger partial charge in [0.15, 0.2) is 0 Å². The smallest absolute Gasteiger partial charge is 0.294 e. The number of fused-ring (bicyclic) bond motifs is 1. The minimum Gasteiger partial charge on any atom is -0.294 e. The summed E-state index contributed by atoms with van der Waals surface area (Å²) in [6.07, 6.45) is -4.44. The molecule has 1 aromatic carbocycles. The highest BCUT2D eigenvalue weighted by molar-refractivity contribution is 7.77. The molecule has 0 aliphatic heterocycles. The molecule has 1 atom stereocenters. The first kappa shape index (κ1) is 13.5. The Morgan fingerprint density at radius 3 is 2.72 bits per heavy atom. The average molecular weight is 295 g/mol. The number of hydrogen-bond donors (Lipinski definition) is 2. The third-order valence-electron chi connectivity index (χ3n) is 2.37. The largest absolute Gasteiger partial charge is 0.417 e. The normalized spacial score (nSPS) is 14.0. The van der Waals surface area contributed by atoms with E-state index in [1.807, 2.05) is 0 Å². The van der Waals surface area contributed by atoms with E-state index in [0.717, 1.165) is 6.07 Å². The van der Waals surface area contributed by atoms with Crippen LogP contribution in [0.5, 0.6) is 0 Å². The van der Waals surface area contributed by atoms with Gasteiger partial charge in [0.05, 0.1) is 5.56 Å². The topological polar surface area (TPSA) is 49.3 Å². The maximum Gasteiger partial charge on any atom is 0.417 e. The fourth-order valence-electron chi connectivity index (χ4n) is 1.66. The molecular formula is C10H8F3NO2S2. The molecule has 1 aromatic heterocycles. The van der Waals surface area contributed by atoms with Crippen molar-refractivity contribution in [1.29, 1.82) is 0 Å². The maximum absolute atomic E-state index is 12.8. The summed E-state index contributed by atoms with van der Waals surface area (Å²) in [4.78, 5) is 0. The molecule has 98 valence electrons. The van der Waals surface area contributed by atoms with E-state index in [1.54, 1.807) is 11.4 Å². The number of benzene rings is 1. The van der Waals surface area contributed by atoms with Crippen molar-refractivity contribution in [3.8, 4) is 0 Å². The predicted molar refractivity (Wildman–Crippen MR) is 64.4 cm³/mol. The molecule has 0 saturated carbocycles. The van der Waals surface area contributed by atoms with Crippen molar-refractivity contribution in [3.05, 3.63) is 34.7 Å². The number of rotatable bonds is 3. The van der Waals surface area contributed by atoms with Gasteiger partial charge in [-0.3, -0.25) is 4.55 Å². The van der Waals surface area contributed by atoms with Gasteiger partial charge in [-0.2, -0.15) is 13.2 Å². The second kappa shape index (κ2) is 4.96. The van der Waals surface area contributed by atoms with E-state index in [-0.39, 0.29) is 11.9 Å². The SMILES string of the molecule is O=S(O)NCc1csc2cccc(C(F)(F)F)c12. The standard InChI is InChI=1S/C10H8F3NO2S2/c11-10(12,13)7-2-1-3-8-9(7)6(5-17-8)4-14-18(15)16/h1-3,5,14H,4H2,(H,15,16). The number of nitrogens with one attached hydrogen (secondary N) is 1. The molecule has 18 heavy (non-hydrogen) atoms. The van der Waals surface area contributed by atoms with Crippen molar-refractivity contribution in [2.45, 2.75) is 12.7 Å². The van der Waals surface area contributed by atoms with Gasteiger partial charge in [0.25, 0.3) is 0 Å². The average Bonchev–Trinajstić information content (AvgIpc) is 2.67. The Bertz CT molecular complexity index is 594. The Kier molecular flexibility index (Phi) is 3.71. The third-order valence-corrected chi connectivity index (χ3v) is 3.75. The summed E-state index contributed by atoms with van der Waals surface area (Å²) in [5, 5.41) is 1.65. The van der Waals surface area contributed by atoms with Crippen LogP contribution in [0.1, 0.15) is 11.1 Å². The van der Waals surface area contributed by atoms with Crippen LogP contribution in [-0.2, 0) is 24.0 Å². The summed E-state index contributed by atoms with van der Waals surface area (Å²) in [5.74, 6) is 0. The quantitative estimate of drug-likeness (QED) is 0.855. The van der Waals surface area contributed by atoms with Crippen LogP contribution < -0.4 is 4.72 Å². The number of hydrogen-bond acceptors (Lipinski definition) is 2. The molecule has 1 unspecified atom stereocenters. The van der Waals surface area contributed by atoms with Crippen LogP contribution in [0.2, 0.25) is 0 Å². The lowest BCUT2D eigenvalue weighted by Gasteiger charge is -2.09. The summed E-state index contributed by atoms with van der Waals surface area (Å²) in [6.45, 7) is -0.0871. The Balaban J connectivity index is 2.52. The maximum atomic E-state index is 12.8. The zero-order valence-corrected chi connectivity index (χ0v) is 10.5. The minimum absolute atomic E-state index is 0.0871. The molecule has 1 heterocycles. The zero-order chi connectivity index (χ0) is 13.3. The van der Waals surface area contributed by atoms with Crippen LogP contribution in [0.3, 0.4) is 0 Å². The van der Waals surface area contributed by atoms with Crippen LogP contribution in [0.4, 0.5) is 13.2 Å². The molecule has 0 aliphatic carbocycles. The van der Waals surface area contributed by atoms with E-state index >= 15 is 0 Å². The Hall–Kier alpha value is -0.960. The highest BCUT2D eigenvalue weighted by Gasteiger charge is 2.33. The monoisotopic (exact) mass is 295 g/mol. The van der Waals surface area contributed by atoms with Gasteiger partial charge in [-0.1, -0.05) is 6.07 Å². The molecule has 0 spiro atoms. The first-order valence-electron chi connectivity index (χ1n) is 4.80. The van der Waals surface area contributed by atoms with E-state index < -0.39 is 23.0 Å². The fourth-order valence-corrected chi connectivity index (χ4v) is 2.93. The molecular weight excluding hydrogens is 287 g/mol. The molecule has 0 aliphatic rings. The Morgan fingerprint density at radius 2 is 2.11 bits per heavy atom. The second-order valence-electron chi connectivity index (χ2n) is 3.51. The van der Waals surface area contributed by atoms with Crippen LogP contribution in [0.15, 0.2) is 23.6 Å². The molecule has 0 radical (unpaired) electrons. The summed E-state index contributed by atoms with van der Waals surface area (Å²) >= 11 is -1.07. The lowest BCUT2D eigenvalue weighted by molar-refractivity contribution is -0.136. The first-order valence-corrected chi connectivity index (χ1v) is 6.79. The van der Waals surface area contributed by atoms with Gasteiger partial charge in [-0.25, -0.2) is 8.93 Å². The minimum atomic E-state index is -4.44. The molecule has 0 amide bonds. The van der Waals surface area contributed by atoms with Crippen LogP contribution >= 0.6 is 11.3 Å². The molecule has 2 aromatic rings. The molecule has 8 heteroatoms. The molecule has 0 fully saturated rings. The van der Waals surface area contributed by atoms with Gasteiger partial charge < -0.3 is 0 Å². The van der Waals surface area contributed by atoms with Crippen molar-refractivity contribution < 1.29 is 21.9 Å². The summed E-state index contributed by atoms with van der Waals surface area (Å²) in [6, 6.07) is 3.95. The van der Waals surface area contributed by atoms with Crippen molar-refractivity contribution in [1.82, 2.24) is 4.72 Å². The first-order chi connectivity index (χ1) is 8.39. The van der Waals surface area contributed by atoms with Gasteiger partial charge in [-0.05, 0) is 23.1 Å². The molecule has 3 nitrogen and oxygen atoms in total. The van der Waals surface area contributed by atoms with Gasteiger partial charge in [0, 0.05) is 16.6 Å². The number of alkyl halides is 3. The van der Waals surface area contributed by atoms with Crippen molar-refractivity contribution in [2.24, 2.45) is 0 Å². The molecule has 2 rings (SSSR count).